The van der Waals surface area contributed by atoms with Crippen molar-refractivity contribution in [3.05, 3.63) is 51.7 Å². The van der Waals surface area contributed by atoms with Crippen LogP contribution < -0.4 is 5.73 Å². The first-order valence-corrected chi connectivity index (χ1v) is 5.97. The van der Waals surface area contributed by atoms with Crippen molar-refractivity contribution in [2.45, 2.75) is 19.4 Å². The Morgan fingerprint density at radius 1 is 1.50 bits per heavy atom. The van der Waals surface area contributed by atoms with E-state index in [-0.39, 0.29) is 11.9 Å². The predicted octanol–water partition coefficient (Wildman–Crippen LogP) is 2.89. The monoisotopic (exact) mass is 236 g/mol. The maximum atomic E-state index is 13.6. The molecule has 0 aliphatic heterocycles. The Morgan fingerprint density at radius 3 is 2.94 bits per heavy atom. The molecule has 2 N–H and O–H groups in total. The molecule has 1 heterocycles. The lowest BCUT2D eigenvalue weighted by Crippen LogP contribution is -2.06. The van der Waals surface area contributed by atoms with Gasteiger partial charge in [0.1, 0.15) is 5.82 Å². The Labute approximate surface area is 97.9 Å². The molecule has 4 heteroatoms. The van der Waals surface area contributed by atoms with Gasteiger partial charge >= 0.3 is 0 Å². The molecule has 0 aliphatic carbocycles. The molecule has 0 spiro atoms. The summed E-state index contributed by atoms with van der Waals surface area (Å²) in [6, 6.07) is 4.95. The van der Waals surface area contributed by atoms with Crippen molar-refractivity contribution in [1.82, 2.24) is 4.98 Å². The molecule has 1 unspecified atom stereocenters. The lowest BCUT2D eigenvalue weighted by molar-refractivity contribution is 0.611. The van der Waals surface area contributed by atoms with Gasteiger partial charge in [-0.1, -0.05) is 12.1 Å². The highest BCUT2D eigenvalue weighted by molar-refractivity contribution is 7.09. The maximum Gasteiger partial charge on any atom is 0.126 e. The zero-order chi connectivity index (χ0) is 11.5. The third kappa shape index (κ3) is 2.46. The third-order valence-corrected chi connectivity index (χ3v) is 3.20. The van der Waals surface area contributed by atoms with Crippen LogP contribution in [0.15, 0.2) is 29.8 Å². The normalized spacial score (nSPS) is 12.7. The highest BCUT2D eigenvalue weighted by atomic mass is 32.1. The Bertz CT molecular complexity index is 466. The van der Waals surface area contributed by atoms with E-state index in [9.17, 15) is 4.39 Å². The van der Waals surface area contributed by atoms with E-state index in [1.165, 1.54) is 17.4 Å². The SMILES string of the molecule is CC(N)c1ccc(F)c(Cc2nccs2)c1. The van der Waals surface area contributed by atoms with Crippen LogP contribution >= 0.6 is 11.3 Å². The minimum atomic E-state index is -0.195. The number of hydrogen-bond donors (Lipinski definition) is 1. The molecule has 0 bridgehead atoms. The second kappa shape index (κ2) is 4.72. The average Bonchev–Trinajstić information content (AvgIpc) is 2.73. The molecule has 1 atom stereocenters. The smallest absolute Gasteiger partial charge is 0.126 e. The second-order valence-corrected chi connectivity index (χ2v) is 4.72. The van der Waals surface area contributed by atoms with Crippen LogP contribution in [0.2, 0.25) is 0 Å². The van der Waals surface area contributed by atoms with E-state index in [0.29, 0.717) is 12.0 Å². The zero-order valence-electron chi connectivity index (χ0n) is 8.98. The summed E-state index contributed by atoms with van der Waals surface area (Å²) in [6.07, 6.45) is 2.26. The molecule has 1 aromatic heterocycles. The van der Waals surface area contributed by atoms with Gasteiger partial charge in [0.2, 0.25) is 0 Å². The van der Waals surface area contributed by atoms with E-state index in [4.69, 9.17) is 5.73 Å². The van der Waals surface area contributed by atoms with Gasteiger partial charge in [0.25, 0.3) is 0 Å². The predicted molar refractivity (Wildman–Crippen MR) is 63.9 cm³/mol. The lowest BCUT2D eigenvalue weighted by atomic mass is 10.0. The summed E-state index contributed by atoms with van der Waals surface area (Å²) in [7, 11) is 0. The Hall–Kier alpha value is -1.26. The summed E-state index contributed by atoms with van der Waals surface area (Å²) in [5, 5.41) is 2.81. The van der Waals surface area contributed by atoms with Crippen molar-refractivity contribution in [2.75, 3.05) is 0 Å². The molecule has 84 valence electrons. The first-order valence-electron chi connectivity index (χ1n) is 5.09. The van der Waals surface area contributed by atoms with Crippen LogP contribution in [0.4, 0.5) is 4.39 Å². The number of nitrogens with two attached hydrogens (primary N) is 1. The number of benzene rings is 1. The lowest BCUT2D eigenvalue weighted by Gasteiger charge is -2.08. The summed E-state index contributed by atoms with van der Waals surface area (Å²) in [6.45, 7) is 1.89. The van der Waals surface area contributed by atoms with Crippen molar-refractivity contribution >= 4 is 11.3 Å². The number of nitrogens with zero attached hydrogens (tertiary/aromatic N) is 1. The first kappa shape index (κ1) is 11.2. The van der Waals surface area contributed by atoms with Crippen molar-refractivity contribution in [3.8, 4) is 0 Å². The van der Waals surface area contributed by atoms with Gasteiger partial charge in [0, 0.05) is 24.0 Å². The summed E-state index contributed by atoms with van der Waals surface area (Å²) >= 11 is 1.53. The largest absolute Gasteiger partial charge is 0.324 e. The van der Waals surface area contributed by atoms with Gasteiger partial charge in [-0.05, 0) is 24.1 Å². The van der Waals surface area contributed by atoms with E-state index in [1.54, 1.807) is 12.3 Å². The minimum Gasteiger partial charge on any atom is -0.324 e. The van der Waals surface area contributed by atoms with E-state index >= 15 is 0 Å². The maximum absolute atomic E-state index is 13.6. The number of hydrogen-bond acceptors (Lipinski definition) is 3. The van der Waals surface area contributed by atoms with E-state index in [0.717, 1.165) is 10.6 Å². The average molecular weight is 236 g/mol. The summed E-state index contributed by atoms with van der Waals surface area (Å²) < 4.78 is 13.6. The Morgan fingerprint density at radius 2 is 2.31 bits per heavy atom. The van der Waals surface area contributed by atoms with Gasteiger partial charge in [0.05, 0.1) is 5.01 Å². The van der Waals surface area contributed by atoms with Crippen LogP contribution in [-0.4, -0.2) is 4.98 Å². The van der Waals surface area contributed by atoms with Crippen molar-refractivity contribution in [3.63, 3.8) is 0 Å². The Kier molecular flexibility index (Phi) is 3.31. The fourth-order valence-electron chi connectivity index (χ4n) is 1.52. The van der Waals surface area contributed by atoms with Gasteiger partial charge in [-0.15, -0.1) is 11.3 Å². The molecule has 2 aromatic rings. The number of aromatic nitrogens is 1. The highest BCUT2D eigenvalue weighted by Gasteiger charge is 2.08. The number of thiazole rings is 1. The van der Waals surface area contributed by atoms with Gasteiger partial charge in [0.15, 0.2) is 0 Å². The molecule has 0 fully saturated rings. The number of halogens is 1. The van der Waals surface area contributed by atoms with Crippen molar-refractivity contribution < 1.29 is 4.39 Å². The van der Waals surface area contributed by atoms with E-state index < -0.39 is 0 Å². The molecule has 2 rings (SSSR count). The van der Waals surface area contributed by atoms with Gasteiger partial charge < -0.3 is 5.73 Å². The molecular formula is C12H13FN2S. The van der Waals surface area contributed by atoms with Crippen LogP contribution in [0, 0.1) is 5.82 Å². The molecule has 0 amide bonds. The molecule has 2 nitrogen and oxygen atoms in total. The fraction of sp³-hybridized carbons (Fsp3) is 0.250. The summed E-state index contributed by atoms with van der Waals surface area (Å²) in [5.41, 5.74) is 7.38. The minimum absolute atomic E-state index is 0.0735. The van der Waals surface area contributed by atoms with Gasteiger partial charge in [-0.2, -0.15) is 0 Å². The van der Waals surface area contributed by atoms with Crippen molar-refractivity contribution in [2.24, 2.45) is 5.73 Å². The second-order valence-electron chi connectivity index (χ2n) is 3.74. The third-order valence-electron chi connectivity index (χ3n) is 2.42. The van der Waals surface area contributed by atoms with Crippen LogP contribution in [0.3, 0.4) is 0 Å². The quantitative estimate of drug-likeness (QED) is 0.890. The first-order chi connectivity index (χ1) is 7.66. The molecule has 0 saturated heterocycles. The van der Waals surface area contributed by atoms with E-state index in [2.05, 4.69) is 4.98 Å². The van der Waals surface area contributed by atoms with Crippen LogP contribution in [0.5, 0.6) is 0 Å². The zero-order valence-corrected chi connectivity index (χ0v) is 9.80. The van der Waals surface area contributed by atoms with E-state index in [1.807, 2.05) is 18.4 Å². The molecule has 0 aliphatic rings. The standard InChI is InChI=1S/C12H13FN2S/c1-8(14)9-2-3-11(13)10(6-9)7-12-15-4-5-16-12/h2-6,8H,7,14H2,1H3. The number of rotatable bonds is 3. The Balaban J connectivity index is 2.29. The molecule has 0 radical (unpaired) electrons. The van der Waals surface area contributed by atoms with Gasteiger partial charge in [-0.3, -0.25) is 0 Å². The molecular weight excluding hydrogens is 223 g/mol. The highest BCUT2D eigenvalue weighted by Crippen LogP contribution is 2.19. The summed E-state index contributed by atoms with van der Waals surface area (Å²) in [5.74, 6) is -0.195. The van der Waals surface area contributed by atoms with Gasteiger partial charge in [-0.25, -0.2) is 9.37 Å². The molecule has 16 heavy (non-hydrogen) atoms. The molecule has 0 saturated carbocycles. The van der Waals surface area contributed by atoms with Crippen LogP contribution in [-0.2, 0) is 6.42 Å². The van der Waals surface area contributed by atoms with Crippen molar-refractivity contribution in [1.29, 1.82) is 0 Å². The van der Waals surface area contributed by atoms with Crippen LogP contribution in [0.25, 0.3) is 0 Å². The summed E-state index contributed by atoms with van der Waals surface area (Å²) in [4.78, 5) is 4.15. The topological polar surface area (TPSA) is 38.9 Å². The molecule has 1 aromatic carbocycles. The van der Waals surface area contributed by atoms with Crippen LogP contribution in [0.1, 0.15) is 29.1 Å². The fourth-order valence-corrected chi connectivity index (χ4v) is 2.16.